The standard InChI is InChI=1S/C9H15N3O2/c10-8(13)3-6-4-9(14)12-2-1-11-5-7(6)12/h6-7,11H,1-5H2,(H2,10,13). The summed E-state index contributed by atoms with van der Waals surface area (Å²) in [6, 6.07) is 0.184. The Morgan fingerprint density at radius 3 is 3.14 bits per heavy atom. The highest BCUT2D eigenvalue weighted by Crippen LogP contribution is 2.28. The molecule has 0 aromatic heterocycles. The lowest BCUT2D eigenvalue weighted by atomic mass is 9.95. The predicted molar refractivity (Wildman–Crippen MR) is 50.3 cm³/mol. The summed E-state index contributed by atoms with van der Waals surface area (Å²) >= 11 is 0. The molecule has 2 atom stereocenters. The van der Waals surface area contributed by atoms with Crippen LogP contribution in [0.5, 0.6) is 0 Å². The van der Waals surface area contributed by atoms with Gasteiger partial charge in [0.2, 0.25) is 11.8 Å². The number of rotatable bonds is 2. The van der Waals surface area contributed by atoms with Gasteiger partial charge in [0.05, 0.1) is 0 Å². The van der Waals surface area contributed by atoms with Gasteiger partial charge in [-0.15, -0.1) is 0 Å². The maximum atomic E-state index is 11.5. The second kappa shape index (κ2) is 3.57. The van der Waals surface area contributed by atoms with E-state index < -0.39 is 0 Å². The van der Waals surface area contributed by atoms with Gasteiger partial charge in [0.1, 0.15) is 0 Å². The first-order valence-corrected chi connectivity index (χ1v) is 4.97. The smallest absolute Gasteiger partial charge is 0.223 e. The number of nitrogens with two attached hydrogens (primary N) is 1. The first kappa shape index (κ1) is 9.45. The van der Waals surface area contributed by atoms with Crippen molar-refractivity contribution in [1.29, 1.82) is 0 Å². The first-order chi connectivity index (χ1) is 6.68. The number of primary amides is 1. The minimum Gasteiger partial charge on any atom is -0.370 e. The van der Waals surface area contributed by atoms with Crippen molar-refractivity contribution in [3.05, 3.63) is 0 Å². The van der Waals surface area contributed by atoms with Crippen molar-refractivity contribution in [1.82, 2.24) is 10.2 Å². The maximum absolute atomic E-state index is 11.5. The van der Waals surface area contributed by atoms with Gasteiger partial charge < -0.3 is 16.0 Å². The molecule has 5 heteroatoms. The lowest BCUT2D eigenvalue weighted by Gasteiger charge is -2.32. The lowest BCUT2D eigenvalue weighted by molar-refractivity contribution is -0.129. The fourth-order valence-electron chi connectivity index (χ4n) is 2.40. The van der Waals surface area contributed by atoms with Gasteiger partial charge in [0, 0.05) is 38.5 Å². The summed E-state index contributed by atoms with van der Waals surface area (Å²) in [6.07, 6.45) is 0.809. The Morgan fingerprint density at radius 2 is 2.43 bits per heavy atom. The topological polar surface area (TPSA) is 75.4 Å². The molecular weight excluding hydrogens is 182 g/mol. The predicted octanol–water partition coefficient (Wildman–Crippen LogP) is -1.32. The Labute approximate surface area is 82.6 Å². The van der Waals surface area contributed by atoms with Gasteiger partial charge in [-0.2, -0.15) is 0 Å². The van der Waals surface area contributed by atoms with Crippen LogP contribution in [0.3, 0.4) is 0 Å². The van der Waals surface area contributed by atoms with Crippen molar-refractivity contribution < 1.29 is 9.59 Å². The number of nitrogens with one attached hydrogen (secondary N) is 1. The molecule has 0 spiro atoms. The molecule has 0 aromatic rings. The number of hydrogen-bond acceptors (Lipinski definition) is 3. The molecule has 2 heterocycles. The molecule has 0 saturated carbocycles. The van der Waals surface area contributed by atoms with Gasteiger partial charge in [-0.05, 0) is 5.92 Å². The van der Waals surface area contributed by atoms with E-state index in [1.807, 2.05) is 4.90 Å². The van der Waals surface area contributed by atoms with Crippen LogP contribution in [0, 0.1) is 5.92 Å². The molecule has 2 saturated heterocycles. The van der Waals surface area contributed by atoms with Gasteiger partial charge in [-0.1, -0.05) is 0 Å². The van der Waals surface area contributed by atoms with E-state index in [1.165, 1.54) is 0 Å². The minimum absolute atomic E-state index is 0.118. The third-order valence-corrected chi connectivity index (χ3v) is 3.05. The quantitative estimate of drug-likeness (QED) is 0.576. The normalized spacial score (nSPS) is 31.7. The fraction of sp³-hybridized carbons (Fsp3) is 0.778. The Bertz CT molecular complexity index is 267. The summed E-state index contributed by atoms with van der Waals surface area (Å²) in [6.45, 7) is 2.41. The summed E-state index contributed by atoms with van der Waals surface area (Å²) in [4.78, 5) is 24.2. The van der Waals surface area contributed by atoms with E-state index in [2.05, 4.69) is 5.32 Å². The summed E-state index contributed by atoms with van der Waals surface area (Å²) in [5, 5.41) is 3.23. The van der Waals surface area contributed by atoms with Crippen molar-refractivity contribution in [2.45, 2.75) is 18.9 Å². The van der Waals surface area contributed by atoms with Crippen LogP contribution in [0.2, 0.25) is 0 Å². The fourth-order valence-corrected chi connectivity index (χ4v) is 2.40. The molecule has 5 nitrogen and oxygen atoms in total. The number of nitrogens with zero attached hydrogens (tertiary/aromatic N) is 1. The van der Waals surface area contributed by atoms with Crippen LogP contribution in [0.4, 0.5) is 0 Å². The first-order valence-electron chi connectivity index (χ1n) is 4.97. The van der Waals surface area contributed by atoms with Gasteiger partial charge in [0.15, 0.2) is 0 Å². The van der Waals surface area contributed by atoms with Crippen molar-refractivity contribution >= 4 is 11.8 Å². The second-order valence-corrected chi connectivity index (χ2v) is 3.99. The average Bonchev–Trinajstić information content (AvgIpc) is 2.44. The van der Waals surface area contributed by atoms with Crippen molar-refractivity contribution in [3.8, 4) is 0 Å². The number of fused-ring (bicyclic) bond motifs is 1. The molecule has 0 aromatic carbocycles. The molecular formula is C9H15N3O2. The van der Waals surface area contributed by atoms with E-state index in [0.717, 1.165) is 19.6 Å². The number of piperazine rings is 1. The molecule has 0 aliphatic carbocycles. The molecule has 0 bridgehead atoms. The van der Waals surface area contributed by atoms with Crippen LogP contribution in [0.15, 0.2) is 0 Å². The van der Waals surface area contributed by atoms with Crippen LogP contribution < -0.4 is 11.1 Å². The Balaban J connectivity index is 2.06. The molecule has 2 unspecified atom stereocenters. The highest BCUT2D eigenvalue weighted by molar-refractivity contribution is 5.82. The molecule has 0 radical (unpaired) electrons. The van der Waals surface area contributed by atoms with Crippen LogP contribution in [0.25, 0.3) is 0 Å². The zero-order valence-electron chi connectivity index (χ0n) is 8.03. The van der Waals surface area contributed by atoms with E-state index in [4.69, 9.17) is 5.73 Å². The SMILES string of the molecule is NC(=O)CC1CC(=O)N2CCNCC12. The zero-order chi connectivity index (χ0) is 10.1. The van der Waals surface area contributed by atoms with Gasteiger partial charge >= 0.3 is 0 Å². The van der Waals surface area contributed by atoms with Crippen LogP contribution in [-0.4, -0.2) is 42.4 Å². The number of amides is 2. The van der Waals surface area contributed by atoms with Crippen LogP contribution in [-0.2, 0) is 9.59 Å². The van der Waals surface area contributed by atoms with Gasteiger partial charge in [0.25, 0.3) is 0 Å². The largest absolute Gasteiger partial charge is 0.370 e. The summed E-state index contributed by atoms with van der Waals surface area (Å²) in [5.74, 6) is -0.0224. The third kappa shape index (κ3) is 1.59. The molecule has 2 aliphatic heterocycles. The van der Waals surface area contributed by atoms with Crippen molar-refractivity contribution in [2.24, 2.45) is 11.7 Å². The number of carbonyl (C=O) groups excluding carboxylic acids is 2. The van der Waals surface area contributed by atoms with E-state index in [0.29, 0.717) is 12.8 Å². The maximum Gasteiger partial charge on any atom is 0.223 e. The molecule has 2 aliphatic rings. The van der Waals surface area contributed by atoms with E-state index in [-0.39, 0.29) is 23.8 Å². The summed E-state index contributed by atoms with van der Waals surface area (Å²) in [5.41, 5.74) is 5.15. The van der Waals surface area contributed by atoms with Gasteiger partial charge in [-0.25, -0.2) is 0 Å². The van der Waals surface area contributed by atoms with E-state index in [9.17, 15) is 9.59 Å². The number of hydrogen-bond donors (Lipinski definition) is 2. The number of carbonyl (C=O) groups is 2. The Hall–Kier alpha value is -1.10. The second-order valence-electron chi connectivity index (χ2n) is 3.99. The molecule has 2 rings (SSSR count). The Kier molecular flexibility index (Phi) is 2.41. The van der Waals surface area contributed by atoms with Crippen molar-refractivity contribution in [2.75, 3.05) is 19.6 Å². The van der Waals surface area contributed by atoms with Crippen molar-refractivity contribution in [3.63, 3.8) is 0 Å². The van der Waals surface area contributed by atoms with E-state index in [1.54, 1.807) is 0 Å². The molecule has 2 amide bonds. The average molecular weight is 197 g/mol. The van der Waals surface area contributed by atoms with Crippen LogP contribution >= 0.6 is 0 Å². The third-order valence-electron chi connectivity index (χ3n) is 3.05. The molecule has 3 N–H and O–H groups in total. The zero-order valence-corrected chi connectivity index (χ0v) is 8.03. The summed E-state index contributed by atoms with van der Waals surface area (Å²) in [7, 11) is 0. The van der Waals surface area contributed by atoms with Crippen LogP contribution in [0.1, 0.15) is 12.8 Å². The molecule has 78 valence electrons. The van der Waals surface area contributed by atoms with E-state index >= 15 is 0 Å². The molecule has 2 fully saturated rings. The lowest BCUT2D eigenvalue weighted by Crippen LogP contribution is -2.51. The minimum atomic E-state index is -0.310. The highest BCUT2D eigenvalue weighted by Gasteiger charge is 2.41. The van der Waals surface area contributed by atoms with Gasteiger partial charge in [-0.3, -0.25) is 9.59 Å². The Morgan fingerprint density at radius 1 is 1.64 bits per heavy atom. The summed E-state index contributed by atoms with van der Waals surface area (Å²) < 4.78 is 0. The highest BCUT2D eigenvalue weighted by atomic mass is 16.2. The molecule has 14 heavy (non-hydrogen) atoms. The monoisotopic (exact) mass is 197 g/mol.